The van der Waals surface area contributed by atoms with Crippen molar-refractivity contribution in [3.8, 4) is 0 Å². The Kier molecular flexibility index (Phi) is 4.40. The number of likely N-dealkylation sites (tertiary alicyclic amines) is 1. The molecule has 2 aromatic rings. The van der Waals surface area contributed by atoms with E-state index in [0.717, 1.165) is 0 Å². The summed E-state index contributed by atoms with van der Waals surface area (Å²) in [5.74, 6) is -0.321. The molecule has 0 saturated carbocycles. The summed E-state index contributed by atoms with van der Waals surface area (Å²) in [4.78, 5) is 1.98. The van der Waals surface area contributed by atoms with Crippen LogP contribution in [0.3, 0.4) is 0 Å². The average Bonchev–Trinajstić information content (AvgIpc) is 3.11. The second kappa shape index (κ2) is 6.19. The van der Waals surface area contributed by atoms with Crippen molar-refractivity contribution in [1.29, 1.82) is 0 Å². The van der Waals surface area contributed by atoms with Crippen LogP contribution >= 0.6 is 11.6 Å². The van der Waals surface area contributed by atoms with E-state index >= 15 is 0 Å². The van der Waals surface area contributed by atoms with E-state index in [1.807, 2.05) is 18.7 Å². The fraction of sp³-hybridized carbons (Fsp3) is 0.500. The molecule has 0 radical (unpaired) electrons. The van der Waals surface area contributed by atoms with E-state index in [0.29, 0.717) is 42.3 Å². The fourth-order valence-electron chi connectivity index (χ4n) is 2.86. The van der Waals surface area contributed by atoms with Gasteiger partial charge < -0.3 is 5.11 Å². The van der Waals surface area contributed by atoms with Crippen molar-refractivity contribution in [1.82, 2.24) is 19.9 Å². The first-order chi connectivity index (χ1) is 10.9. The minimum Gasteiger partial charge on any atom is -0.382 e. The van der Waals surface area contributed by atoms with E-state index in [1.54, 1.807) is 23.0 Å². The summed E-state index contributed by atoms with van der Waals surface area (Å²) in [6.45, 7) is 5.41. The highest BCUT2D eigenvalue weighted by molar-refractivity contribution is 6.31. The highest BCUT2D eigenvalue weighted by Gasteiger charge is 2.40. The van der Waals surface area contributed by atoms with Gasteiger partial charge in [-0.2, -0.15) is 0 Å². The van der Waals surface area contributed by atoms with E-state index < -0.39 is 5.60 Å². The number of hydrogen-bond donors (Lipinski definition) is 1. The summed E-state index contributed by atoms with van der Waals surface area (Å²) in [7, 11) is 0. The third-order valence-electron chi connectivity index (χ3n) is 4.29. The van der Waals surface area contributed by atoms with Gasteiger partial charge in [0.1, 0.15) is 17.1 Å². The van der Waals surface area contributed by atoms with E-state index in [9.17, 15) is 9.50 Å². The highest BCUT2D eigenvalue weighted by atomic mass is 35.5. The van der Waals surface area contributed by atoms with Crippen LogP contribution in [0.25, 0.3) is 0 Å². The largest absolute Gasteiger partial charge is 0.382 e. The van der Waals surface area contributed by atoms with Crippen LogP contribution in [-0.2, 0) is 12.1 Å². The van der Waals surface area contributed by atoms with Gasteiger partial charge in [0, 0.05) is 36.3 Å². The molecule has 1 fully saturated rings. The van der Waals surface area contributed by atoms with Gasteiger partial charge in [0.05, 0.1) is 6.20 Å². The van der Waals surface area contributed by atoms with Crippen LogP contribution < -0.4 is 0 Å². The van der Waals surface area contributed by atoms with Crippen molar-refractivity contribution in [2.24, 2.45) is 0 Å². The number of benzene rings is 1. The molecule has 124 valence electrons. The van der Waals surface area contributed by atoms with Gasteiger partial charge in [0.2, 0.25) is 0 Å². The summed E-state index contributed by atoms with van der Waals surface area (Å²) in [6.07, 6.45) is 2.32. The molecule has 1 aromatic carbocycles. The Balaban J connectivity index is 1.74. The van der Waals surface area contributed by atoms with E-state index in [1.165, 1.54) is 6.07 Å². The molecule has 1 aromatic heterocycles. The molecule has 5 nitrogen and oxygen atoms in total. The molecule has 7 heteroatoms. The van der Waals surface area contributed by atoms with Crippen molar-refractivity contribution in [3.05, 3.63) is 46.5 Å². The number of hydrogen-bond acceptors (Lipinski definition) is 4. The highest BCUT2D eigenvalue weighted by Crippen LogP contribution is 2.32. The number of rotatable bonds is 4. The Morgan fingerprint density at radius 2 is 2.22 bits per heavy atom. The second-order valence-corrected chi connectivity index (χ2v) is 6.78. The predicted octanol–water partition coefficient (Wildman–Crippen LogP) is 2.75. The second-order valence-electron chi connectivity index (χ2n) is 6.37. The van der Waals surface area contributed by atoms with Crippen LogP contribution in [0.1, 0.15) is 37.6 Å². The van der Waals surface area contributed by atoms with Crippen LogP contribution in [0.2, 0.25) is 5.02 Å². The van der Waals surface area contributed by atoms with E-state index in [-0.39, 0.29) is 11.9 Å². The molecule has 0 spiro atoms. The van der Waals surface area contributed by atoms with Crippen LogP contribution in [0, 0.1) is 5.82 Å². The summed E-state index contributed by atoms with van der Waals surface area (Å²) >= 11 is 6.08. The molecule has 1 N–H and O–H groups in total. The monoisotopic (exact) mass is 338 g/mol. The maximum atomic E-state index is 13.9. The molecule has 0 amide bonds. The van der Waals surface area contributed by atoms with Crippen molar-refractivity contribution in [2.75, 3.05) is 13.1 Å². The Morgan fingerprint density at radius 1 is 1.43 bits per heavy atom. The standard InChI is InChI=1S/C16H20ClFN4O/c1-11(2)22-9-15(19-20-22)16(23)6-7-21(10-16)8-12-13(17)4-3-5-14(12)18/h3-5,9,11,23H,6-8,10H2,1-2H3. The van der Waals surface area contributed by atoms with Gasteiger partial charge in [-0.1, -0.05) is 22.9 Å². The normalized spacial score (nSPS) is 22.2. The molecule has 1 atom stereocenters. The molecule has 3 rings (SSSR count). The topological polar surface area (TPSA) is 54.2 Å². The lowest BCUT2D eigenvalue weighted by Gasteiger charge is -2.21. The molecule has 1 aliphatic rings. The Bertz CT molecular complexity index is 685. The number of halogens is 2. The Morgan fingerprint density at radius 3 is 2.87 bits per heavy atom. The molecule has 23 heavy (non-hydrogen) atoms. The summed E-state index contributed by atoms with van der Waals surface area (Å²) in [5.41, 5.74) is -0.0252. The van der Waals surface area contributed by atoms with Gasteiger partial charge in [-0.3, -0.25) is 4.90 Å². The quantitative estimate of drug-likeness (QED) is 0.931. The summed E-state index contributed by atoms with van der Waals surface area (Å²) in [5, 5.41) is 19.4. The van der Waals surface area contributed by atoms with Gasteiger partial charge in [-0.15, -0.1) is 5.10 Å². The predicted molar refractivity (Wildman–Crippen MR) is 85.6 cm³/mol. The van der Waals surface area contributed by atoms with Crippen LogP contribution in [0.5, 0.6) is 0 Å². The van der Waals surface area contributed by atoms with Crippen LogP contribution in [-0.4, -0.2) is 38.1 Å². The molecule has 0 aliphatic carbocycles. The molecule has 1 aliphatic heterocycles. The van der Waals surface area contributed by atoms with Crippen LogP contribution in [0.15, 0.2) is 24.4 Å². The zero-order chi connectivity index (χ0) is 16.6. The van der Waals surface area contributed by atoms with Crippen LogP contribution in [0.4, 0.5) is 4.39 Å². The first-order valence-electron chi connectivity index (χ1n) is 7.69. The minimum absolute atomic E-state index is 0.189. The lowest BCUT2D eigenvalue weighted by Crippen LogP contribution is -2.31. The summed E-state index contributed by atoms with van der Waals surface area (Å²) in [6, 6.07) is 4.86. The van der Waals surface area contributed by atoms with Crippen molar-refractivity contribution in [2.45, 2.75) is 38.5 Å². The van der Waals surface area contributed by atoms with E-state index in [2.05, 4.69) is 10.3 Å². The number of nitrogens with zero attached hydrogens (tertiary/aromatic N) is 4. The lowest BCUT2D eigenvalue weighted by molar-refractivity contribution is 0.0407. The van der Waals surface area contributed by atoms with Gasteiger partial charge in [-0.25, -0.2) is 9.07 Å². The van der Waals surface area contributed by atoms with Gasteiger partial charge in [0.25, 0.3) is 0 Å². The third-order valence-corrected chi connectivity index (χ3v) is 4.64. The van der Waals surface area contributed by atoms with Gasteiger partial charge in [-0.05, 0) is 32.4 Å². The van der Waals surface area contributed by atoms with E-state index in [4.69, 9.17) is 11.6 Å². The van der Waals surface area contributed by atoms with Crippen molar-refractivity contribution >= 4 is 11.6 Å². The first kappa shape index (κ1) is 16.4. The van der Waals surface area contributed by atoms with Crippen molar-refractivity contribution < 1.29 is 9.50 Å². The Hall–Kier alpha value is -1.50. The molecule has 1 saturated heterocycles. The maximum absolute atomic E-state index is 13.9. The van der Waals surface area contributed by atoms with Crippen molar-refractivity contribution in [3.63, 3.8) is 0 Å². The number of aromatic nitrogens is 3. The third kappa shape index (κ3) is 3.24. The number of β-amino-alcohol motifs (C(OH)–C–C–N with tert-alkyl or cyclic N) is 1. The average molecular weight is 339 g/mol. The Labute approximate surface area is 139 Å². The zero-order valence-electron chi connectivity index (χ0n) is 13.2. The molecule has 2 heterocycles. The lowest BCUT2D eigenvalue weighted by atomic mass is 10.00. The maximum Gasteiger partial charge on any atom is 0.129 e. The molecule has 1 unspecified atom stereocenters. The SMILES string of the molecule is CC(C)n1cc(C2(O)CCN(Cc3c(F)cccc3Cl)C2)nn1. The molecular formula is C16H20ClFN4O. The molecule has 0 bridgehead atoms. The summed E-state index contributed by atoms with van der Waals surface area (Å²) < 4.78 is 15.6. The molecular weight excluding hydrogens is 319 g/mol. The number of aliphatic hydroxyl groups is 1. The minimum atomic E-state index is -1.05. The smallest absolute Gasteiger partial charge is 0.129 e. The first-order valence-corrected chi connectivity index (χ1v) is 8.07. The zero-order valence-corrected chi connectivity index (χ0v) is 14.0. The fourth-order valence-corrected chi connectivity index (χ4v) is 3.09. The van der Waals surface area contributed by atoms with Gasteiger partial charge >= 0.3 is 0 Å². The van der Waals surface area contributed by atoms with Gasteiger partial charge in [0.15, 0.2) is 0 Å².